The second kappa shape index (κ2) is 7.29. The van der Waals surface area contributed by atoms with E-state index in [1.165, 1.54) is 16.4 Å². The normalized spacial score (nSPS) is 17.5. The summed E-state index contributed by atoms with van der Waals surface area (Å²) in [4.78, 5) is 12.0. The summed E-state index contributed by atoms with van der Waals surface area (Å²) >= 11 is 5.80. The van der Waals surface area contributed by atoms with E-state index in [9.17, 15) is 13.2 Å². The van der Waals surface area contributed by atoms with E-state index in [1.807, 2.05) is 0 Å². The highest BCUT2D eigenvalue weighted by atomic mass is 35.5. The number of carbonyl (C=O) groups is 1. The monoisotopic (exact) mass is 374 g/mol. The summed E-state index contributed by atoms with van der Waals surface area (Å²) in [5.41, 5.74) is -0.553. The lowest BCUT2D eigenvalue weighted by atomic mass is 10.1. The van der Waals surface area contributed by atoms with Gasteiger partial charge in [0.25, 0.3) is 0 Å². The highest BCUT2D eigenvalue weighted by Crippen LogP contribution is 2.22. The Morgan fingerprint density at radius 3 is 2.25 bits per heavy atom. The first-order chi connectivity index (χ1) is 11.1. The summed E-state index contributed by atoms with van der Waals surface area (Å²) in [6.45, 7) is 6.10. The molecule has 1 aliphatic heterocycles. The third kappa shape index (κ3) is 5.09. The Labute approximate surface area is 148 Å². The molecule has 134 valence electrons. The molecule has 0 aliphatic carbocycles. The smallest absolute Gasteiger partial charge is 0.407 e. The minimum absolute atomic E-state index is 0.0866. The zero-order chi connectivity index (χ0) is 18.0. The number of carbonyl (C=O) groups excluding carboxylic acids is 1. The molecule has 1 N–H and O–H groups in total. The van der Waals surface area contributed by atoms with E-state index in [1.54, 1.807) is 32.9 Å². The van der Waals surface area contributed by atoms with Crippen molar-refractivity contribution in [1.82, 2.24) is 9.62 Å². The molecule has 24 heavy (non-hydrogen) atoms. The van der Waals surface area contributed by atoms with Crippen LogP contribution in [0, 0.1) is 0 Å². The van der Waals surface area contributed by atoms with Crippen LogP contribution in [0.3, 0.4) is 0 Å². The van der Waals surface area contributed by atoms with Crippen molar-refractivity contribution >= 4 is 27.7 Å². The van der Waals surface area contributed by atoms with Crippen molar-refractivity contribution in [3.05, 3.63) is 29.3 Å². The molecule has 2 rings (SSSR count). The number of rotatable bonds is 3. The van der Waals surface area contributed by atoms with Crippen LogP contribution in [0.15, 0.2) is 29.2 Å². The van der Waals surface area contributed by atoms with Gasteiger partial charge in [-0.3, -0.25) is 0 Å². The van der Waals surface area contributed by atoms with Gasteiger partial charge in [-0.05, 0) is 57.9 Å². The molecule has 1 aromatic rings. The molecule has 0 bridgehead atoms. The van der Waals surface area contributed by atoms with Crippen LogP contribution in [-0.4, -0.2) is 43.5 Å². The van der Waals surface area contributed by atoms with E-state index in [2.05, 4.69) is 5.32 Å². The molecule has 0 aromatic heterocycles. The van der Waals surface area contributed by atoms with Gasteiger partial charge in [0.2, 0.25) is 10.0 Å². The van der Waals surface area contributed by atoms with Gasteiger partial charge in [-0.1, -0.05) is 11.6 Å². The standard InChI is InChI=1S/C16H23ClN2O4S/c1-16(2,3)23-15(20)18-13-8-10-19(11-9-13)24(21,22)14-6-4-12(17)5-7-14/h4-7,13H,8-11H2,1-3H3,(H,18,20). The van der Waals surface area contributed by atoms with Crippen LogP contribution in [-0.2, 0) is 14.8 Å². The van der Waals surface area contributed by atoms with Gasteiger partial charge in [0.1, 0.15) is 5.60 Å². The second-order valence-electron chi connectivity index (χ2n) is 6.78. The molecular weight excluding hydrogens is 352 g/mol. The molecule has 8 heteroatoms. The average Bonchev–Trinajstić information content (AvgIpc) is 2.46. The average molecular weight is 375 g/mol. The quantitative estimate of drug-likeness (QED) is 0.882. The Balaban J connectivity index is 1.92. The van der Waals surface area contributed by atoms with Crippen LogP contribution in [0.2, 0.25) is 5.02 Å². The van der Waals surface area contributed by atoms with Gasteiger partial charge < -0.3 is 10.1 Å². The summed E-state index contributed by atoms with van der Waals surface area (Å²) < 4.78 is 31.8. The van der Waals surface area contributed by atoms with Gasteiger partial charge in [-0.15, -0.1) is 0 Å². The van der Waals surface area contributed by atoms with Crippen molar-refractivity contribution in [1.29, 1.82) is 0 Å². The number of piperidine rings is 1. The highest BCUT2D eigenvalue weighted by Gasteiger charge is 2.30. The Morgan fingerprint density at radius 1 is 1.21 bits per heavy atom. The Bertz CT molecular complexity index is 675. The van der Waals surface area contributed by atoms with E-state index in [0.29, 0.717) is 31.0 Å². The van der Waals surface area contributed by atoms with Gasteiger partial charge in [-0.2, -0.15) is 4.31 Å². The van der Waals surface area contributed by atoms with Gasteiger partial charge in [0.05, 0.1) is 4.90 Å². The Hall–Kier alpha value is -1.31. The third-order valence-corrected chi connectivity index (χ3v) is 5.79. The van der Waals surface area contributed by atoms with Crippen LogP contribution >= 0.6 is 11.6 Å². The number of alkyl carbamates (subject to hydrolysis) is 1. The molecule has 0 atom stereocenters. The largest absolute Gasteiger partial charge is 0.444 e. The fourth-order valence-electron chi connectivity index (χ4n) is 2.47. The SMILES string of the molecule is CC(C)(C)OC(=O)NC1CCN(S(=O)(=O)c2ccc(Cl)cc2)CC1. The Morgan fingerprint density at radius 2 is 1.75 bits per heavy atom. The number of amides is 1. The Kier molecular flexibility index (Phi) is 5.78. The summed E-state index contributed by atoms with van der Waals surface area (Å²) in [6.07, 6.45) is 0.625. The predicted octanol–water partition coefficient (Wildman–Crippen LogP) is 3.02. The molecule has 1 amide bonds. The third-order valence-electron chi connectivity index (χ3n) is 3.63. The van der Waals surface area contributed by atoms with Crippen LogP contribution < -0.4 is 5.32 Å². The molecule has 1 aliphatic rings. The van der Waals surface area contributed by atoms with E-state index in [-0.39, 0.29) is 10.9 Å². The van der Waals surface area contributed by atoms with E-state index >= 15 is 0 Å². The van der Waals surface area contributed by atoms with Gasteiger partial charge in [-0.25, -0.2) is 13.2 Å². The predicted molar refractivity (Wildman–Crippen MR) is 92.6 cm³/mol. The fourth-order valence-corrected chi connectivity index (χ4v) is 4.07. The minimum atomic E-state index is -3.53. The van der Waals surface area contributed by atoms with Crippen molar-refractivity contribution in [2.24, 2.45) is 0 Å². The number of nitrogens with zero attached hydrogens (tertiary/aromatic N) is 1. The van der Waals surface area contributed by atoms with E-state index < -0.39 is 21.7 Å². The van der Waals surface area contributed by atoms with Crippen LogP contribution in [0.4, 0.5) is 4.79 Å². The zero-order valence-corrected chi connectivity index (χ0v) is 15.7. The van der Waals surface area contributed by atoms with E-state index in [0.717, 1.165) is 0 Å². The maximum Gasteiger partial charge on any atom is 0.407 e. The van der Waals surface area contributed by atoms with Gasteiger partial charge in [0, 0.05) is 24.2 Å². The molecular formula is C16H23ClN2O4S. The van der Waals surface area contributed by atoms with E-state index in [4.69, 9.17) is 16.3 Å². The van der Waals surface area contributed by atoms with Crippen molar-refractivity contribution in [3.8, 4) is 0 Å². The number of hydrogen-bond donors (Lipinski definition) is 1. The van der Waals surface area contributed by atoms with Gasteiger partial charge in [0.15, 0.2) is 0 Å². The molecule has 0 spiro atoms. The lowest BCUT2D eigenvalue weighted by molar-refractivity contribution is 0.0489. The van der Waals surface area contributed by atoms with Crippen LogP contribution in [0.25, 0.3) is 0 Å². The number of sulfonamides is 1. The maximum atomic E-state index is 12.6. The fraction of sp³-hybridized carbons (Fsp3) is 0.562. The summed E-state index contributed by atoms with van der Waals surface area (Å²) in [6, 6.07) is 6.04. The first-order valence-electron chi connectivity index (χ1n) is 7.83. The number of benzene rings is 1. The summed E-state index contributed by atoms with van der Waals surface area (Å²) in [7, 11) is -3.53. The number of ether oxygens (including phenoxy) is 1. The first-order valence-corrected chi connectivity index (χ1v) is 9.65. The topological polar surface area (TPSA) is 75.7 Å². The van der Waals surface area contributed by atoms with Crippen molar-refractivity contribution in [2.45, 2.75) is 50.2 Å². The lowest BCUT2D eigenvalue weighted by Gasteiger charge is -2.32. The number of halogens is 1. The molecule has 0 radical (unpaired) electrons. The molecule has 1 aromatic carbocycles. The lowest BCUT2D eigenvalue weighted by Crippen LogP contribution is -2.47. The summed E-state index contributed by atoms with van der Waals surface area (Å²) in [5.74, 6) is 0. The number of nitrogens with one attached hydrogen (secondary N) is 1. The van der Waals surface area contributed by atoms with Gasteiger partial charge >= 0.3 is 6.09 Å². The van der Waals surface area contributed by atoms with Crippen molar-refractivity contribution in [3.63, 3.8) is 0 Å². The van der Waals surface area contributed by atoms with Crippen molar-refractivity contribution < 1.29 is 17.9 Å². The molecule has 0 saturated carbocycles. The molecule has 6 nitrogen and oxygen atoms in total. The second-order valence-corrected chi connectivity index (χ2v) is 9.15. The molecule has 1 heterocycles. The minimum Gasteiger partial charge on any atom is -0.444 e. The summed E-state index contributed by atoms with van der Waals surface area (Å²) in [5, 5.41) is 3.29. The number of hydrogen-bond acceptors (Lipinski definition) is 4. The molecule has 0 unspecified atom stereocenters. The molecule has 1 saturated heterocycles. The first kappa shape index (κ1) is 19.0. The molecule has 1 fully saturated rings. The highest BCUT2D eigenvalue weighted by molar-refractivity contribution is 7.89. The van der Waals surface area contributed by atoms with Crippen LogP contribution in [0.1, 0.15) is 33.6 Å². The van der Waals surface area contributed by atoms with Crippen LogP contribution in [0.5, 0.6) is 0 Å². The van der Waals surface area contributed by atoms with Crippen molar-refractivity contribution in [2.75, 3.05) is 13.1 Å². The zero-order valence-electron chi connectivity index (χ0n) is 14.1. The maximum absolute atomic E-state index is 12.6.